The van der Waals surface area contributed by atoms with Crippen molar-refractivity contribution < 1.29 is 4.79 Å². The van der Waals surface area contributed by atoms with Crippen molar-refractivity contribution in [1.29, 1.82) is 0 Å². The molecule has 0 saturated carbocycles. The number of nitrogens with one attached hydrogen (secondary N) is 1. The summed E-state index contributed by atoms with van der Waals surface area (Å²) in [5.41, 5.74) is 4.32. The molecule has 18 heavy (non-hydrogen) atoms. The largest absolute Gasteiger partial charge is 0.319 e. The molecule has 1 N–H and O–H groups in total. The second-order valence-corrected chi connectivity index (χ2v) is 5.55. The molecule has 0 fully saturated rings. The second kappa shape index (κ2) is 6.14. The van der Waals surface area contributed by atoms with E-state index in [1.54, 1.807) is 0 Å². The van der Waals surface area contributed by atoms with E-state index in [1.165, 1.54) is 5.56 Å². The Morgan fingerprint density at radius 2 is 1.67 bits per heavy atom. The lowest BCUT2D eigenvalue weighted by Gasteiger charge is -2.21. The molecule has 0 spiro atoms. The van der Waals surface area contributed by atoms with Gasteiger partial charge >= 0.3 is 0 Å². The number of carbonyl (C=O) groups excluding carboxylic acids is 1. The molecule has 2 nitrogen and oxygen atoms in total. The van der Waals surface area contributed by atoms with E-state index in [0.29, 0.717) is 5.92 Å². The number of ketones is 1. The molecule has 100 valence electrons. The van der Waals surface area contributed by atoms with Crippen LogP contribution in [0.5, 0.6) is 0 Å². The molecule has 0 heterocycles. The van der Waals surface area contributed by atoms with E-state index in [-0.39, 0.29) is 11.7 Å². The predicted molar refractivity (Wildman–Crippen MR) is 77.2 cm³/mol. The van der Waals surface area contributed by atoms with Crippen LogP contribution >= 0.6 is 0 Å². The Morgan fingerprint density at radius 1 is 1.17 bits per heavy atom. The molecule has 0 aliphatic rings. The third-order valence-corrected chi connectivity index (χ3v) is 3.49. The standard InChI is InChI=1S/C16H25NO/c1-10(2)14(9-17-6)16(18)15-12(4)7-11(3)8-13(15)5/h7-8,10,14,17H,9H2,1-6H3. The molecular weight excluding hydrogens is 222 g/mol. The second-order valence-electron chi connectivity index (χ2n) is 5.55. The summed E-state index contributed by atoms with van der Waals surface area (Å²) in [5, 5.41) is 3.13. The van der Waals surface area contributed by atoms with Crippen molar-refractivity contribution in [2.24, 2.45) is 11.8 Å². The molecule has 0 radical (unpaired) electrons. The lowest BCUT2D eigenvalue weighted by molar-refractivity contribution is 0.0885. The lowest BCUT2D eigenvalue weighted by Crippen LogP contribution is -2.31. The third kappa shape index (κ3) is 3.20. The molecule has 0 bridgehead atoms. The average molecular weight is 247 g/mol. The molecule has 0 aromatic heterocycles. The monoisotopic (exact) mass is 247 g/mol. The van der Waals surface area contributed by atoms with Gasteiger partial charge in [0.1, 0.15) is 0 Å². The van der Waals surface area contributed by atoms with Crippen LogP contribution in [0.25, 0.3) is 0 Å². The Labute approximate surface area is 111 Å². The molecule has 1 rings (SSSR count). The SMILES string of the molecule is CNCC(C(=O)c1c(C)cc(C)cc1C)C(C)C. The van der Waals surface area contributed by atoms with E-state index in [2.05, 4.69) is 38.2 Å². The van der Waals surface area contributed by atoms with Crippen LogP contribution in [0, 0.1) is 32.6 Å². The summed E-state index contributed by atoms with van der Waals surface area (Å²) in [6.07, 6.45) is 0. The number of hydrogen-bond acceptors (Lipinski definition) is 2. The van der Waals surface area contributed by atoms with Gasteiger partial charge in [0.25, 0.3) is 0 Å². The summed E-state index contributed by atoms with van der Waals surface area (Å²) in [7, 11) is 1.90. The van der Waals surface area contributed by atoms with E-state index in [9.17, 15) is 4.79 Å². The van der Waals surface area contributed by atoms with Crippen LogP contribution in [0.1, 0.15) is 40.9 Å². The molecule has 2 heteroatoms. The van der Waals surface area contributed by atoms with Crippen molar-refractivity contribution in [3.63, 3.8) is 0 Å². The lowest BCUT2D eigenvalue weighted by atomic mass is 9.84. The topological polar surface area (TPSA) is 29.1 Å². The van der Waals surface area contributed by atoms with E-state index < -0.39 is 0 Å². The van der Waals surface area contributed by atoms with Crippen LogP contribution in [0.4, 0.5) is 0 Å². The maximum Gasteiger partial charge on any atom is 0.168 e. The number of rotatable bonds is 5. The van der Waals surface area contributed by atoms with Crippen LogP contribution in [-0.2, 0) is 0 Å². The highest BCUT2D eigenvalue weighted by Gasteiger charge is 2.25. The van der Waals surface area contributed by atoms with Gasteiger partial charge in [0.2, 0.25) is 0 Å². The van der Waals surface area contributed by atoms with Gasteiger partial charge < -0.3 is 5.32 Å². The van der Waals surface area contributed by atoms with Gasteiger partial charge in [-0.15, -0.1) is 0 Å². The summed E-state index contributed by atoms with van der Waals surface area (Å²) in [6, 6.07) is 4.19. The minimum atomic E-state index is 0.0510. The maximum absolute atomic E-state index is 12.7. The molecular formula is C16H25NO. The van der Waals surface area contributed by atoms with Gasteiger partial charge in [0, 0.05) is 18.0 Å². The number of benzene rings is 1. The highest BCUT2D eigenvalue weighted by molar-refractivity contribution is 6.00. The minimum Gasteiger partial charge on any atom is -0.319 e. The number of Topliss-reactive ketones (excluding diaryl/α,β-unsaturated/α-hetero) is 1. The molecule has 0 saturated heterocycles. The zero-order valence-electron chi connectivity index (χ0n) is 12.4. The van der Waals surface area contributed by atoms with E-state index in [1.807, 2.05) is 20.9 Å². The minimum absolute atomic E-state index is 0.0510. The zero-order chi connectivity index (χ0) is 13.9. The Hall–Kier alpha value is -1.15. The number of aryl methyl sites for hydroxylation is 3. The van der Waals surface area contributed by atoms with Crippen LogP contribution in [0.15, 0.2) is 12.1 Å². The molecule has 1 atom stereocenters. The van der Waals surface area contributed by atoms with Gasteiger partial charge in [-0.05, 0) is 44.9 Å². The first-order valence-corrected chi connectivity index (χ1v) is 6.65. The number of carbonyl (C=O) groups is 1. The first kappa shape index (κ1) is 14.9. The Kier molecular flexibility index (Phi) is 5.09. The van der Waals surface area contributed by atoms with Crippen molar-refractivity contribution in [2.75, 3.05) is 13.6 Å². The third-order valence-electron chi connectivity index (χ3n) is 3.49. The maximum atomic E-state index is 12.7. The van der Waals surface area contributed by atoms with Crippen molar-refractivity contribution in [1.82, 2.24) is 5.32 Å². The Morgan fingerprint density at radius 3 is 2.06 bits per heavy atom. The van der Waals surface area contributed by atoms with Gasteiger partial charge in [-0.25, -0.2) is 0 Å². The van der Waals surface area contributed by atoms with Gasteiger partial charge in [0.15, 0.2) is 5.78 Å². The van der Waals surface area contributed by atoms with Crippen molar-refractivity contribution in [3.8, 4) is 0 Å². The molecule has 1 aromatic carbocycles. The predicted octanol–water partition coefficient (Wildman–Crippen LogP) is 3.29. The normalized spacial score (nSPS) is 12.8. The van der Waals surface area contributed by atoms with E-state index >= 15 is 0 Å². The first-order valence-electron chi connectivity index (χ1n) is 6.65. The summed E-state index contributed by atoms with van der Waals surface area (Å²) >= 11 is 0. The van der Waals surface area contributed by atoms with Crippen LogP contribution < -0.4 is 5.32 Å². The van der Waals surface area contributed by atoms with Crippen molar-refractivity contribution in [2.45, 2.75) is 34.6 Å². The quantitative estimate of drug-likeness (QED) is 0.809. The Balaban J connectivity index is 3.16. The van der Waals surface area contributed by atoms with Crippen LogP contribution in [0.2, 0.25) is 0 Å². The van der Waals surface area contributed by atoms with Crippen molar-refractivity contribution >= 4 is 5.78 Å². The molecule has 0 aliphatic heterocycles. The summed E-state index contributed by atoms with van der Waals surface area (Å²) in [4.78, 5) is 12.7. The highest BCUT2D eigenvalue weighted by Crippen LogP contribution is 2.23. The Bertz CT molecular complexity index is 412. The van der Waals surface area contributed by atoms with Gasteiger partial charge in [0.05, 0.1) is 0 Å². The average Bonchev–Trinajstić information content (AvgIpc) is 2.23. The first-order chi connectivity index (χ1) is 8.38. The van der Waals surface area contributed by atoms with Crippen LogP contribution in [0.3, 0.4) is 0 Å². The molecule has 1 aromatic rings. The fourth-order valence-corrected chi connectivity index (χ4v) is 2.61. The fraction of sp³-hybridized carbons (Fsp3) is 0.562. The molecule has 1 unspecified atom stereocenters. The highest BCUT2D eigenvalue weighted by atomic mass is 16.1. The van der Waals surface area contributed by atoms with E-state index in [0.717, 1.165) is 23.2 Å². The summed E-state index contributed by atoms with van der Waals surface area (Å²) in [6.45, 7) is 11.1. The summed E-state index contributed by atoms with van der Waals surface area (Å²) in [5.74, 6) is 0.675. The van der Waals surface area contributed by atoms with Crippen molar-refractivity contribution in [3.05, 3.63) is 34.4 Å². The van der Waals surface area contributed by atoms with Gasteiger partial charge in [-0.3, -0.25) is 4.79 Å². The smallest absolute Gasteiger partial charge is 0.168 e. The number of hydrogen-bond donors (Lipinski definition) is 1. The molecule has 0 aliphatic carbocycles. The summed E-state index contributed by atoms with van der Waals surface area (Å²) < 4.78 is 0. The fourth-order valence-electron chi connectivity index (χ4n) is 2.61. The van der Waals surface area contributed by atoms with E-state index in [4.69, 9.17) is 0 Å². The van der Waals surface area contributed by atoms with Crippen LogP contribution in [-0.4, -0.2) is 19.4 Å². The van der Waals surface area contributed by atoms with Gasteiger partial charge in [-0.1, -0.05) is 31.5 Å². The van der Waals surface area contributed by atoms with Gasteiger partial charge in [-0.2, -0.15) is 0 Å². The zero-order valence-corrected chi connectivity index (χ0v) is 12.4. The molecule has 0 amide bonds.